The molecule has 2 fully saturated rings. The fourth-order valence-corrected chi connectivity index (χ4v) is 3.28. The SMILES string of the molecule is C[C@H]1CCCC/C1=N\NC(=O)CCC(=O)N/N=C1\CCCC[C@@H]1C. The molecule has 0 aromatic heterocycles. The smallest absolute Gasteiger partial charge is 0.240 e. The van der Waals surface area contributed by atoms with E-state index in [2.05, 4.69) is 34.9 Å². The first kappa shape index (κ1) is 18.6. The first-order chi connectivity index (χ1) is 11.6. The molecule has 2 aliphatic carbocycles. The Bertz CT molecular complexity index is 467. The average Bonchev–Trinajstić information content (AvgIpc) is 2.58. The van der Waals surface area contributed by atoms with E-state index in [0.29, 0.717) is 11.8 Å². The summed E-state index contributed by atoms with van der Waals surface area (Å²) in [5.74, 6) is 0.453. The van der Waals surface area contributed by atoms with Gasteiger partial charge in [-0.15, -0.1) is 0 Å². The number of hydrazone groups is 2. The van der Waals surface area contributed by atoms with Crippen molar-refractivity contribution in [2.24, 2.45) is 22.0 Å². The van der Waals surface area contributed by atoms with Crippen LogP contribution in [0.3, 0.4) is 0 Å². The largest absolute Gasteiger partial charge is 0.273 e. The lowest BCUT2D eigenvalue weighted by Gasteiger charge is -2.20. The highest BCUT2D eigenvalue weighted by Gasteiger charge is 2.17. The van der Waals surface area contributed by atoms with Crippen molar-refractivity contribution >= 4 is 23.2 Å². The standard InChI is InChI=1S/C18H30N4O2/c1-13-7-3-5-9-15(13)19-21-17(23)11-12-18(24)22-20-16-10-6-4-8-14(16)2/h13-14H,3-12H2,1-2H3,(H,21,23)(H,22,24)/b19-15+,20-16+/t13-,14-/m0/s1. The Balaban J connectivity index is 1.68. The summed E-state index contributed by atoms with van der Waals surface area (Å²) in [6, 6.07) is 0. The normalized spacial score (nSPS) is 27.9. The molecule has 0 bridgehead atoms. The summed E-state index contributed by atoms with van der Waals surface area (Å²) >= 11 is 0. The summed E-state index contributed by atoms with van der Waals surface area (Å²) in [5, 5.41) is 8.46. The molecule has 2 N–H and O–H groups in total. The van der Waals surface area contributed by atoms with Gasteiger partial charge >= 0.3 is 0 Å². The maximum atomic E-state index is 11.8. The predicted octanol–water partition coefficient (Wildman–Crippen LogP) is 3.13. The Morgan fingerprint density at radius 1 is 0.833 bits per heavy atom. The number of carbonyl (C=O) groups is 2. The van der Waals surface area contributed by atoms with Crippen molar-refractivity contribution < 1.29 is 9.59 Å². The van der Waals surface area contributed by atoms with Crippen LogP contribution in [-0.2, 0) is 9.59 Å². The van der Waals surface area contributed by atoms with Gasteiger partial charge < -0.3 is 0 Å². The van der Waals surface area contributed by atoms with Gasteiger partial charge in [-0.05, 0) is 50.4 Å². The van der Waals surface area contributed by atoms with E-state index in [1.54, 1.807) is 0 Å². The van der Waals surface area contributed by atoms with Gasteiger partial charge in [-0.3, -0.25) is 9.59 Å². The average molecular weight is 334 g/mol. The van der Waals surface area contributed by atoms with Gasteiger partial charge in [-0.1, -0.05) is 26.7 Å². The van der Waals surface area contributed by atoms with Gasteiger partial charge in [0.25, 0.3) is 0 Å². The van der Waals surface area contributed by atoms with Crippen molar-refractivity contribution in [2.45, 2.75) is 78.1 Å². The van der Waals surface area contributed by atoms with E-state index in [-0.39, 0.29) is 24.7 Å². The third kappa shape index (κ3) is 6.06. The summed E-state index contributed by atoms with van der Waals surface area (Å²) in [7, 11) is 0. The van der Waals surface area contributed by atoms with Crippen molar-refractivity contribution in [3.05, 3.63) is 0 Å². The van der Waals surface area contributed by atoms with E-state index in [1.807, 2.05) is 0 Å². The molecule has 0 aliphatic heterocycles. The number of rotatable bonds is 5. The van der Waals surface area contributed by atoms with E-state index >= 15 is 0 Å². The molecule has 6 heteroatoms. The molecule has 0 radical (unpaired) electrons. The Kier molecular flexibility index (Phi) is 7.40. The van der Waals surface area contributed by atoms with Gasteiger partial charge in [0.2, 0.25) is 11.8 Å². The molecule has 24 heavy (non-hydrogen) atoms. The molecule has 0 aromatic carbocycles. The Morgan fingerprint density at radius 2 is 1.25 bits per heavy atom. The van der Waals surface area contributed by atoms with Crippen LogP contribution in [0.15, 0.2) is 10.2 Å². The van der Waals surface area contributed by atoms with Crippen molar-refractivity contribution in [1.29, 1.82) is 0 Å². The number of hydrogen-bond acceptors (Lipinski definition) is 4. The number of amides is 2. The Labute approximate surface area is 144 Å². The summed E-state index contributed by atoms with van der Waals surface area (Å²) in [4.78, 5) is 23.6. The first-order valence-electron chi connectivity index (χ1n) is 9.27. The number of nitrogens with one attached hydrogen (secondary N) is 2. The highest BCUT2D eigenvalue weighted by atomic mass is 16.2. The zero-order valence-electron chi connectivity index (χ0n) is 14.9. The molecule has 2 amide bonds. The second-order valence-corrected chi connectivity index (χ2v) is 7.07. The molecular formula is C18H30N4O2. The minimum absolute atomic E-state index is 0.136. The topological polar surface area (TPSA) is 82.9 Å². The number of carbonyl (C=O) groups excluding carboxylic acids is 2. The molecule has 0 saturated heterocycles. The van der Waals surface area contributed by atoms with Crippen LogP contribution in [0.25, 0.3) is 0 Å². The van der Waals surface area contributed by atoms with Crippen LogP contribution in [0.2, 0.25) is 0 Å². The lowest BCUT2D eigenvalue weighted by atomic mass is 9.89. The third-order valence-electron chi connectivity index (χ3n) is 5.01. The van der Waals surface area contributed by atoms with Crippen LogP contribution >= 0.6 is 0 Å². The van der Waals surface area contributed by atoms with Gasteiger partial charge in [-0.25, -0.2) is 10.9 Å². The van der Waals surface area contributed by atoms with Crippen LogP contribution in [-0.4, -0.2) is 23.2 Å². The number of nitrogens with zero attached hydrogens (tertiary/aromatic N) is 2. The fraction of sp³-hybridized carbons (Fsp3) is 0.778. The van der Waals surface area contributed by atoms with E-state index < -0.39 is 0 Å². The first-order valence-corrected chi connectivity index (χ1v) is 9.27. The molecule has 0 spiro atoms. The minimum Gasteiger partial charge on any atom is -0.273 e. The van der Waals surface area contributed by atoms with E-state index in [1.165, 1.54) is 12.8 Å². The quantitative estimate of drug-likeness (QED) is 0.757. The number of hydrogen-bond donors (Lipinski definition) is 2. The monoisotopic (exact) mass is 334 g/mol. The Hall–Kier alpha value is -1.72. The van der Waals surface area contributed by atoms with E-state index in [4.69, 9.17) is 0 Å². The second kappa shape index (κ2) is 9.55. The molecule has 0 heterocycles. The highest BCUT2D eigenvalue weighted by molar-refractivity contribution is 5.90. The van der Waals surface area contributed by atoms with Crippen LogP contribution in [0.5, 0.6) is 0 Å². The lowest BCUT2D eigenvalue weighted by Crippen LogP contribution is -2.27. The summed E-state index contributed by atoms with van der Waals surface area (Å²) in [6.45, 7) is 4.28. The van der Waals surface area contributed by atoms with Crippen LogP contribution in [0.1, 0.15) is 78.1 Å². The molecule has 0 aromatic rings. The zero-order chi connectivity index (χ0) is 17.4. The second-order valence-electron chi connectivity index (χ2n) is 7.07. The van der Waals surface area contributed by atoms with Gasteiger partial charge in [-0.2, -0.15) is 10.2 Å². The molecule has 0 unspecified atom stereocenters. The van der Waals surface area contributed by atoms with Gasteiger partial charge in [0.05, 0.1) is 0 Å². The molecule has 2 rings (SSSR count). The maximum absolute atomic E-state index is 11.8. The molecule has 134 valence electrons. The van der Waals surface area contributed by atoms with E-state index in [9.17, 15) is 9.59 Å². The van der Waals surface area contributed by atoms with Crippen molar-refractivity contribution in [3.8, 4) is 0 Å². The van der Waals surface area contributed by atoms with E-state index in [0.717, 1.165) is 49.9 Å². The molecular weight excluding hydrogens is 304 g/mol. The molecule has 2 saturated carbocycles. The summed E-state index contributed by atoms with van der Waals surface area (Å²) < 4.78 is 0. The maximum Gasteiger partial charge on any atom is 0.240 e. The highest BCUT2D eigenvalue weighted by Crippen LogP contribution is 2.21. The van der Waals surface area contributed by atoms with Gasteiger partial charge in [0, 0.05) is 24.3 Å². The van der Waals surface area contributed by atoms with Crippen molar-refractivity contribution in [2.75, 3.05) is 0 Å². The Morgan fingerprint density at radius 3 is 1.62 bits per heavy atom. The summed E-state index contributed by atoms with van der Waals surface area (Å²) in [6.07, 6.45) is 9.20. The molecule has 6 nitrogen and oxygen atoms in total. The molecule has 2 atom stereocenters. The van der Waals surface area contributed by atoms with Gasteiger partial charge in [0.1, 0.15) is 0 Å². The van der Waals surface area contributed by atoms with Crippen LogP contribution in [0.4, 0.5) is 0 Å². The lowest BCUT2D eigenvalue weighted by molar-refractivity contribution is -0.126. The van der Waals surface area contributed by atoms with Gasteiger partial charge in [0.15, 0.2) is 0 Å². The zero-order valence-corrected chi connectivity index (χ0v) is 14.9. The minimum atomic E-state index is -0.214. The fourth-order valence-electron chi connectivity index (χ4n) is 3.28. The van der Waals surface area contributed by atoms with Crippen molar-refractivity contribution in [1.82, 2.24) is 10.9 Å². The summed E-state index contributed by atoms with van der Waals surface area (Å²) in [5.41, 5.74) is 7.30. The van der Waals surface area contributed by atoms with Crippen LogP contribution < -0.4 is 10.9 Å². The van der Waals surface area contributed by atoms with Crippen molar-refractivity contribution in [3.63, 3.8) is 0 Å². The predicted molar refractivity (Wildman–Crippen MR) is 95.7 cm³/mol. The molecule has 2 aliphatic rings. The van der Waals surface area contributed by atoms with Crippen LogP contribution in [0, 0.1) is 11.8 Å². The third-order valence-corrected chi connectivity index (χ3v) is 5.01.